The molecular weight excluding hydrogens is 438 g/mol. The van der Waals surface area contributed by atoms with Gasteiger partial charge in [-0.3, -0.25) is 4.79 Å². The fourth-order valence-corrected chi connectivity index (χ4v) is 3.88. The van der Waals surface area contributed by atoms with Crippen LogP contribution in [0.1, 0.15) is 123 Å². The van der Waals surface area contributed by atoms with Gasteiger partial charge in [0.15, 0.2) is 0 Å². The van der Waals surface area contributed by atoms with Gasteiger partial charge >= 0.3 is 0 Å². The summed E-state index contributed by atoms with van der Waals surface area (Å²) in [5.41, 5.74) is 0. The number of rotatable bonds is 24. The zero-order valence-corrected chi connectivity index (χ0v) is 22.7. The molecule has 0 aromatic carbocycles. The van der Waals surface area contributed by atoms with Crippen molar-refractivity contribution in [2.24, 2.45) is 0 Å². The van der Waals surface area contributed by atoms with Crippen LogP contribution in [0.25, 0.3) is 0 Å². The number of aliphatic hydroxyl groups is 3. The van der Waals surface area contributed by atoms with Crippen LogP contribution < -0.4 is 5.32 Å². The Morgan fingerprint density at radius 3 is 1.80 bits per heavy atom. The van der Waals surface area contributed by atoms with Gasteiger partial charge in [0, 0.05) is 0 Å². The van der Waals surface area contributed by atoms with Crippen molar-refractivity contribution in [1.29, 1.82) is 0 Å². The minimum atomic E-state index is -0.953. The predicted molar refractivity (Wildman–Crippen MR) is 148 cm³/mol. The number of unbranched alkanes of at least 4 members (excludes halogenated alkanes) is 11. The van der Waals surface area contributed by atoms with Crippen LogP contribution >= 0.6 is 0 Å². The number of carbonyl (C=O) groups excluding carboxylic acids is 1. The van der Waals surface area contributed by atoms with Crippen LogP contribution in [0.3, 0.4) is 0 Å². The summed E-state index contributed by atoms with van der Waals surface area (Å²) in [6.07, 6.45) is 28.4. The first kappa shape index (κ1) is 33.6. The van der Waals surface area contributed by atoms with Crippen LogP contribution in [0.2, 0.25) is 0 Å². The summed E-state index contributed by atoms with van der Waals surface area (Å²) in [6.45, 7) is 4.07. The molecule has 0 rings (SSSR count). The molecule has 0 fully saturated rings. The molecular formula is C30H55NO4. The molecule has 0 saturated heterocycles. The van der Waals surface area contributed by atoms with E-state index in [4.69, 9.17) is 0 Å². The van der Waals surface area contributed by atoms with E-state index >= 15 is 0 Å². The molecule has 0 saturated carbocycles. The van der Waals surface area contributed by atoms with Crippen molar-refractivity contribution in [3.05, 3.63) is 36.5 Å². The number of hydrogen-bond acceptors (Lipinski definition) is 4. The van der Waals surface area contributed by atoms with E-state index in [0.29, 0.717) is 6.42 Å². The van der Waals surface area contributed by atoms with E-state index in [-0.39, 0.29) is 18.9 Å². The Bertz CT molecular complexity index is 559. The summed E-state index contributed by atoms with van der Waals surface area (Å²) in [5, 5.41) is 32.6. The maximum Gasteiger partial charge on any atom is 0.222 e. The summed E-state index contributed by atoms with van der Waals surface area (Å²) in [7, 11) is 0. The van der Waals surface area contributed by atoms with Gasteiger partial charge in [0.2, 0.25) is 5.91 Å². The number of carbonyl (C=O) groups is 1. The summed E-state index contributed by atoms with van der Waals surface area (Å²) in [6, 6.07) is -0.760. The highest BCUT2D eigenvalue weighted by molar-refractivity contribution is 5.76. The van der Waals surface area contributed by atoms with Gasteiger partial charge in [-0.1, -0.05) is 115 Å². The smallest absolute Gasteiger partial charge is 0.222 e. The third kappa shape index (κ3) is 22.8. The quantitative estimate of drug-likeness (QED) is 0.0909. The molecule has 35 heavy (non-hydrogen) atoms. The Morgan fingerprint density at radius 2 is 1.23 bits per heavy atom. The van der Waals surface area contributed by atoms with Gasteiger partial charge in [-0.25, -0.2) is 0 Å². The zero-order valence-electron chi connectivity index (χ0n) is 22.7. The first-order valence-electron chi connectivity index (χ1n) is 14.3. The molecule has 0 bridgehead atoms. The Kier molecular flexibility index (Phi) is 24.6. The second-order valence-corrected chi connectivity index (χ2v) is 9.64. The lowest BCUT2D eigenvalue weighted by Crippen LogP contribution is -2.45. The number of aliphatic hydroxyl groups excluding tert-OH is 3. The Balaban J connectivity index is 3.96. The average Bonchev–Trinajstić information content (AvgIpc) is 2.84. The second kappa shape index (κ2) is 25.7. The zero-order chi connectivity index (χ0) is 26.0. The van der Waals surface area contributed by atoms with Gasteiger partial charge in [-0.2, -0.15) is 0 Å². The van der Waals surface area contributed by atoms with Gasteiger partial charge in [-0.15, -0.1) is 0 Å². The molecule has 0 radical (unpaired) electrons. The average molecular weight is 494 g/mol. The lowest BCUT2D eigenvalue weighted by Gasteiger charge is -2.21. The van der Waals surface area contributed by atoms with Gasteiger partial charge in [0.05, 0.1) is 31.3 Å². The van der Waals surface area contributed by atoms with E-state index in [1.165, 1.54) is 57.8 Å². The van der Waals surface area contributed by atoms with Crippen molar-refractivity contribution in [2.75, 3.05) is 6.61 Å². The molecule has 0 aromatic rings. The summed E-state index contributed by atoms with van der Waals surface area (Å²) in [5.74, 6) is -0.338. The monoisotopic (exact) mass is 493 g/mol. The molecule has 0 aromatic heterocycles. The van der Waals surface area contributed by atoms with Crippen molar-refractivity contribution in [3.8, 4) is 0 Å². The normalized spacial score (nSPS) is 14.8. The lowest BCUT2D eigenvalue weighted by atomic mass is 10.0. The highest BCUT2D eigenvalue weighted by atomic mass is 16.3. The molecule has 0 heterocycles. The van der Waals surface area contributed by atoms with Crippen LogP contribution in [0.15, 0.2) is 36.5 Å². The Hall–Kier alpha value is -1.43. The summed E-state index contributed by atoms with van der Waals surface area (Å²) < 4.78 is 0. The molecule has 5 heteroatoms. The van der Waals surface area contributed by atoms with Crippen LogP contribution in [-0.2, 0) is 4.79 Å². The van der Waals surface area contributed by atoms with E-state index in [1.807, 2.05) is 6.08 Å². The van der Waals surface area contributed by atoms with E-state index in [1.54, 1.807) is 6.08 Å². The topological polar surface area (TPSA) is 89.8 Å². The van der Waals surface area contributed by atoms with E-state index < -0.39 is 18.2 Å². The van der Waals surface area contributed by atoms with Crippen LogP contribution in [0, 0.1) is 0 Å². The minimum Gasteiger partial charge on any atom is -0.394 e. The highest BCUT2D eigenvalue weighted by Gasteiger charge is 2.19. The highest BCUT2D eigenvalue weighted by Crippen LogP contribution is 2.12. The molecule has 0 spiro atoms. The molecule has 4 N–H and O–H groups in total. The largest absolute Gasteiger partial charge is 0.394 e. The SMILES string of the molecule is CCCC/C=C/CC/C=C/CC/C=C/C(O)C(CO)NC(=O)CC(O)CCCCCCCCCC. The molecule has 3 unspecified atom stereocenters. The van der Waals surface area contributed by atoms with Gasteiger partial charge in [0.25, 0.3) is 0 Å². The molecule has 1 amide bonds. The molecule has 3 atom stereocenters. The first-order valence-corrected chi connectivity index (χ1v) is 14.3. The maximum atomic E-state index is 12.2. The maximum absolute atomic E-state index is 12.2. The lowest BCUT2D eigenvalue weighted by molar-refractivity contribution is -0.124. The number of amides is 1. The predicted octanol–water partition coefficient (Wildman–Crippen LogP) is 6.53. The van der Waals surface area contributed by atoms with Crippen molar-refractivity contribution in [3.63, 3.8) is 0 Å². The fraction of sp³-hybridized carbons (Fsp3) is 0.767. The van der Waals surface area contributed by atoms with Gasteiger partial charge in [-0.05, 0) is 38.5 Å². The van der Waals surface area contributed by atoms with Crippen LogP contribution in [0.4, 0.5) is 0 Å². The van der Waals surface area contributed by atoms with Crippen LogP contribution in [-0.4, -0.2) is 46.1 Å². The third-order valence-corrected chi connectivity index (χ3v) is 6.16. The van der Waals surface area contributed by atoms with Crippen LogP contribution in [0.5, 0.6) is 0 Å². The third-order valence-electron chi connectivity index (χ3n) is 6.16. The molecule has 5 nitrogen and oxygen atoms in total. The van der Waals surface area contributed by atoms with Gasteiger partial charge < -0.3 is 20.6 Å². The fourth-order valence-electron chi connectivity index (χ4n) is 3.88. The minimum absolute atomic E-state index is 0.00201. The summed E-state index contributed by atoms with van der Waals surface area (Å²) in [4.78, 5) is 12.2. The first-order chi connectivity index (χ1) is 17.0. The Morgan fingerprint density at radius 1 is 0.714 bits per heavy atom. The van der Waals surface area contributed by atoms with Gasteiger partial charge in [0.1, 0.15) is 0 Å². The number of allylic oxidation sites excluding steroid dienone is 5. The van der Waals surface area contributed by atoms with E-state index in [9.17, 15) is 20.1 Å². The second-order valence-electron chi connectivity index (χ2n) is 9.64. The van der Waals surface area contributed by atoms with Crippen molar-refractivity contribution < 1.29 is 20.1 Å². The molecule has 0 aliphatic heterocycles. The summed E-state index contributed by atoms with van der Waals surface area (Å²) >= 11 is 0. The number of hydrogen-bond donors (Lipinski definition) is 4. The van der Waals surface area contributed by atoms with Crippen molar-refractivity contribution in [1.82, 2.24) is 5.32 Å². The molecule has 204 valence electrons. The van der Waals surface area contributed by atoms with Crippen molar-refractivity contribution in [2.45, 2.75) is 141 Å². The standard InChI is InChI=1S/C30H55NO4/c1-3-5-7-9-11-13-14-15-16-18-20-22-24-29(34)28(26-32)31-30(35)25-27(33)23-21-19-17-12-10-8-6-4-2/h9,11,15-16,22,24,27-29,32-34H,3-8,10,12-14,17-21,23,25-26H2,1-2H3,(H,31,35)/b11-9+,16-15+,24-22+. The van der Waals surface area contributed by atoms with Crippen molar-refractivity contribution >= 4 is 5.91 Å². The van der Waals surface area contributed by atoms with E-state index in [2.05, 4.69) is 43.5 Å². The van der Waals surface area contributed by atoms with E-state index in [0.717, 1.165) is 38.5 Å². The Labute approximate surface area is 215 Å². The number of nitrogens with one attached hydrogen (secondary N) is 1. The molecule has 0 aliphatic rings. The molecule has 0 aliphatic carbocycles.